The van der Waals surface area contributed by atoms with Gasteiger partial charge in [-0.1, -0.05) is 12.1 Å². The van der Waals surface area contributed by atoms with Gasteiger partial charge < -0.3 is 24.4 Å². The fourth-order valence-electron chi connectivity index (χ4n) is 2.53. The number of aryl methyl sites for hydroxylation is 1. The van der Waals surface area contributed by atoms with Gasteiger partial charge in [-0.2, -0.15) is 4.98 Å². The van der Waals surface area contributed by atoms with Crippen molar-refractivity contribution >= 4 is 22.5 Å². The second kappa shape index (κ2) is 8.95. The Morgan fingerprint density at radius 3 is 2.96 bits per heavy atom. The van der Waals surface area contributed by atoms with Crippen molar-refractivity contribution in [3.8, 4) is 0 Å². The van der Waals surface area contributed by atoms with Crippen LogP contribution in [0.1, 0.15) is 30.8 Å². The van der Waals surface area contributed by atoms with E-state index in [1.165, 1.54) is 4.90 Å². The summed E-state index contributed by atoms with van der Waals surface area (Å²) >= 11 is 1.59. The molecule has 9 nitrogen and oxygen atoms in total. The number of urea groups is 1. The van der Waals surface area contributed by atoms with Crippen LogP contribution in [0, 0.1) is 0 Å². The molecule has 1 aliphatic rings. The lowest BCUT2D eigenvalue weighted by Crippen LogP contribution is -2.37. The van der Waals surface area contributed by atoms with Gasteiger partial charge in [0.05, 0.1) is 25.5 Å². The van der Waals surface area contributed by atoms with E-state index in [9.17, 15) is 4.79 Å². The number of rotatable bonds is 7. The van der Waals surface area contributed by atoms with Gasteiger partial charge in [-0.3, -0.25) is 0 Å². The molecule has 0 spiro atoms. The summed E-state index contributed by atoms with van der Waals surface area (Å²) in [6.07, 6.45) is 1.73. The number of anilines is 1. The Bertz CT molecular complexity index is 712. The molecule has 0 atom stereocenters. The maximum atomic E-state index is 12.2. The van der Waals surface area contributed by atoms with Gasteiger partial charge in [0.15, 0.2) is 11.0 Å². The minimum atomic E-state index is -0.207. The topological polar surface area (TPSA) is 96.6 Å². The van der Waals surface area contributed by atoms with E-state index in [0.717, 1.165) is 50.0 Å². The minimum absolute atomic E-state index is 0.207. The van der Waals surface area contributed by atoms with Crippen LogP contribution in [0.2, 0.25) is 0 Å². The smallest absolute Gasteiger partial charge is 0.317 e. The Morgan fingerprint density at radius 2 is 2.19 bits per heavy atom. The number of carbonyl (C=O) groups is 1. The second-order valence-corrected chi connectivity index (χ2v) is 6.93. The molecule has 142 valence electrons. The van der Waals surface area contributed by atoms with E-state index < -0.39 is 0 Å². The third kappa shape index (κ3) is 4.92. The molecule has 2 amide bonds. The molecule has 26 heavy (non-hydrogen) atoms. The van der Waals surface area contributed by atoms with Crippen LogP contribution < -0.4 is 10.2 Å². The average molecular weight is 380 g/mol. The summed E-state index contributed by atoms with van der Waals surface area (Å²) in [4.78, 5) is 24.8. The summed E-state index contributed by atoms with van der Waals surface area (Å²) in [6.45, 7) is 5.88. The van der Waals surface area contributed by atoms with Crippen molar-refractivity contribution in [2.45, 2.75) is 32.9 Å². The highest BCUT2D eigenvalue weighted by Crippen LogP contribution is 2.21. The quantitative estimate of drug-likeness (QED) is 0.780. The Kier molecular flexibility index (Phi) is 6.40. The third-order valence-corrected chi connectivity index (χ3v) is 4.90. The monoisotopic (exact) mass is 380 g/mol. The molecule has 0 unspecified atom stereocenters. The first kappa shape index (κ1) is 18.6. The molecule has 0 saturated carbocycles. The molecule has 3 heterocycles. The highest BCUT2D eigenvalue weighted by molar-refractivity contribution is 7.13. The SMILES string of the molecule is CCCc1noc(CN(C)C(=O)NCc2csc(N3CCOCC3)n2)n1. The number of hydrogen-bond donors (Lipinski definition) is 1. The molecular weight excluding hydrogens is 356 g/mol. The van der Waals surface area contributed by atoms with Gasteiger partial charge in [-0.05, 0) is 6.42 Å². The van der Waals surface area contributed by atoms with E-state index in [1.807, 2.05) is 5.38 Å². The van der Waals surface area contributed by atoms with Gasteiger partial charge in [0.25, 0.3) is 0 Å². The molecule has 1 N–H and O–H groups in total. The summed E-state index contributed by atoms with van der Waals surface area (Å²) in [5, 5.41) is 9.70. The number of aromatic nitrogens is 3. The first-order chi connectivity index (χ1) is 12.7. The Morgan fingerprint density at radius 1 is 1.38 bits per heavy atom. The number of thiazole rings is 1. The molecule has 0 aromatic carbocycles. The first-order valence-corrected chi connectivity index (χ1v) is 9.61. The molecule has 1 aliphatic heterocycles. The molecule has 1 fully saturated rings. The zero-order valence-electron chi connectivity index (χ0n) is 15.1. The fourth-order valence-corrected chi connectivity index (χ4v) is 3.41. The highest BCUT2D eigenvalue weighted by Gasteiger charge is 2.16. The lowest BCUT2D eigenvalue weighted by Gasteiger charge is -2.26. The van der Waals surface area contributed by atoms with Gasteiger partial charge in [0.1, 0.15) is 6.54 Å². The van der Waals surface area contributed by atoms with Crippen LogP contribution in [0.3, 0.4) is 0 Å². The molecule has 0 aliphatic carbocycles. The molecule has 2 aromatic heterocycles. The zero-order valence-corrected chi connectivity index (χ0v) is 15.9. The highest BCUT2D eigenvalue weighted by atomic mass is 32.1. The predicted molar refractivity (Wildman–Crippen MR) is 97.1 cm³/mol. The van der Waals surface area contributed by atoms with Crippen LogP contribution in [-0.4, -0.2) is 59.4 Å². The summed E-state index contributed by atoms with van der Waals surface area (Å²) in [6, 6.07) is -0.207. The minimum Gasteiger partial charge on any atom is -0.378 e. The van der Waals surface area contributed by atoms with Crippen molar-refractivity contribution in [1.29, 1.82) is 0 Å². The summed E-state index contributed by atoms with van der Waals surface area (Å²) in [5.74, 6) is 1.11. The second-order valence-electron chi connectivity index (χ2n) is 6.09. The van der Waals surface area contributed by atoms with E-state index in [1.54, 1.807) is 18.4 Å². The Balaban J connectivity index is 1.46. The van der Waals surface area contributed by atoms with Crippen LogP contribution in [0.25, 0.3) is 0 Å². The average Bonchev–Trinajstić information content (AvgIpc) is 3.30. The van der Waals surface area contributed by atoms with Crippen LogP contribution in [0.5, 0.6) is 0 Å². The van der Waals surface area contributed by atoms with E-state index in [4.69, 9.17) is 9.26 Å². The maximum Gasteiger partial charge on any atom is 0.317 e. The first-order valence-electron chi connectivity index (χ1n) is 8.73. The van der Waals surface area contributed by atoms with E-state index >= 15 is 0 Å². The lowest BCUT2D eigenvalue weighted by molar-refractivity contribution is 0.122. The van der Waals surface area contributed by atoms with Crippen molar-refractivity contribution in [1.82, 2.24) is 25.3 Å². The summed E-state index contributed by atoms with van der Waals surface area (Å²) in [5.41, 5.74) is 0.848. The number of nitrogens with zero attached hydrogens (tertiary/aromatic N) is 5. The summed E-state index contributed by atoms with van der Waals surface area (Å²) in [7, 11) is 1.69. The largest absolute Gasteiger partial charge is 0.378 e. The fraction of sp³-hybridized carbons (Fsp3) is 0.625. The number of hydrogen-bond acceptors (Lipinski definition) is 8. The van der Waals surface area contributed by atoms with E-state index in [-0.39, 0.29) is 12.6 Å². The number of morpholine rings is 1. The van der Waals surface area contributed by atoms with Crippen molar-refractivity contribution in [3.63, 3.8) is 0 Å². The molecule has 2 aromatic rings. The number of ether oxygens (including phenoxy) is 1. The molecule has 1 saturated heterocycles. The summed E-state index contributed by atoms with van der Waals surface area (Å²) < 4.78 is 10.5. The van der Waals surface area contributed by atoms with Crippen LogP contribution in [0.15, 0.2) is 9.90 Å². The van der Waals surface area contributed by atoms with Crippen molar-refractivity contribution < 1.29 is 14.1 Å². The van der Waals surface area contributed by atoms with Crippen molar-refractivity contribution in [3.05, 3.63) is 22.8 Å². The van der Waals surface area contributed by atoms with E-state index in [0.29, 0.717) is 18.3 Å². The van der Waals surface area contributed by atoms with Crippen molar-refractivity contribution in [2.75, 3.05) is 38.3 Å². The predicted octanol–water partition coefficient (Wildman–Crippen LogP) is 1.66. The van der Waals surface area contributed by atoms with Crippen LogP contribution in [-0.2, 0) is 24.2 Å². The molecule has 3 rings (SSSR count). The molecular formula is C16H24N6O3S. The van der Waals surface area contributed by atoms with E-state index in [2.05, 4.69) is 32.3 Å². The van der Waals surface area contributed by atoms with Gasteiger partial charge >= 0.3 is 6.03 Å². The molecule has 0 bridgehead atoms. The number of carbonyl (C=O) groups excluding carboxylic acids is 1. The number of nitrogens with one attached hydrogen (secondary N) is 1. The third-order valence-electron chi connectivity index (χ3n) is 3.94. The Labute approximate surface area is 156 Å². The van der Waals surface area contributed by atoms with Crippen molar-refractivity contribution in [2.24, 2.45) is 0 Å². The van der Waals surface area contributed by atoms with Gasteiger partial charge in [-0.15, -0.1) is 11.3 Å². The van der Waals surface area contributed by atoms with Crippen LogP contribution in [0.4, 0.5) is 9.93 Å². The molecule has 0 radical (unpaired) electrons. The maximum absolute atomic E-state index is 12.2. The van der Waals surface area contributed by atoms with Gasteiger partial charge in [-0.25, -0.2) is 9.78 Å². The number of amides is 2. The lowest BCUT2D eigenvalue weighted by atomic mass is 10.3. The standard InChI is InChI=1S/C16H24N6O3S/c1-3-4-13-19-14(25-20-13)10-21(2)15(23)17-9-12-11-26-16(18-12)22-5-7-24-8-6-22/h11H,3-10H2,1-2H3,(H,17,23). The van der Waals surface area contributed by atoms with Gasteiger partial charge in [0.2, 0.25) is 5.89 Å². The Hall–Kier alpha value is -2.20. The molecule has 10 heteroatoms. The van der Waals surface area contributed by atoms with Gasteiger partial charge in [0, 0.05) is 31.9 Å². The zero-order chi connectivity index (χ0) is 18.4. The van der Waals surface area contributed by atoms with Crippen LogP contribution >= 0.6 is 11.3 Å². The normalized spacial score (nSPS) is 14.5.